The van der Waals surface area contributed by atoms with Gasteiger partial charge in [-0.25, -0.2) is 0 Å². The van der Waals surface area contributed by atoms with Crippen LogP contribution in [0.25, 0.3) is 0 Å². The molecule has 1 atom stereocenters. The van der Waals surface area contributed by atoms with E-state index in [0.717, 1.165) is 38.3 Å². The van der Waals surface area contributed by atoms with E-state index < -0.39 is 5.54 Å². The topological polar surface area (TPSA) is 53.1 Å². The maximum absolute atomic E-state index is 8.94. The van der Waals surface area contributed by atoms with Crippen LogP contribution in [0, 0.1) is 17.2 Å². The van der Waals surface area contributed by atoms with E-state index in [9.17, 15) is 0 Å². The Balaban J connectivity index is 3.69. The monoisotopic (exact) mass is 225 g/mol. The van der Waals surface area contributed by atoms with Crippen LogP contribution in [0.3, 0.4) is 0 Å². The number of nitriles is 1. The molecule has 0 fully saturated rings. The van der Waals surface area contributed by atoms with Crippen molar-refractivity contribution in [3.8, 4) is 6.07 Å². The third-order valence-electron chi connectivity index (χ3n) is 3.10. The van der Waals surface area contributed by atoms with Crippen molar-refractivity contribution in [2.45, 2.75) is 52.0 Å². The van der Waals surface area contributed by atoms with E-state index >= 15 is 0 Å². The summed E-state index contributed by atoms with van der Waals surface area (Å²) in [4.78, 5) is 2.33. The molecule has 1 unspecified atom stereocenters. The maximum atomic E-state index is 8.94. The quantitative estimate of drug-likeness (QED) is 0.690. The summed E-state index contributed by atoms with van der Waals surface area (Å²) in [7, 11) is 2.14. The molecule has 0 radical (unpaired) electrons. The largest absolute Gasteiger partial charge is 0.313 e. The summed E-state index contributed by atoms with van der Waals surface area (Å²) in [5.74, 6) is 0.755. The fourth-order valence-corrected chi connectivity index (χ4v) is 1.57. The van der Waals surface area contributed by atoms with Crippen molar-refractivity contribution < 1.29 is 0 Å². The fourth-order valence-electron chi connectivity index (χ4n) is 1.57. The zero-order valence-electron chi connectivity index (χ0n) is 11.3. The van der Waals surface area contributed by atoms with E-state index in [4.69, 9.17) is 11.0 Å². The predicted octanol–water partition coefficient (Wildman–Crippen LogP) is 2.38. The standard InChI is InChI=1S/C13H27N3/c1-5-13(15,11-14)8-6-9-16(4)10-7-12(2)3/h12H,5-10,15H2,1-4H3. The number of hydrogen-bond acceptors (Lipinski definition) is 3. The van der Waals surface area contributed by atoms with E-state index in [1.807, 2.05) is 6.92 Å². The van der Waals surface area contributed by atoms with Crippen molar-refractivity contribution in [1.29, 1.82) is 5.26 Å². The Labute approximate surface area is 101 Å². The lowest BCUT2D eigenvalue weighted by atomic mass is 9.93. The van der Waals surface area contributed by atoms with Crippen LogP contribution in [-0.4, -0.2) is 30.6 Å². The number of hydrogen-bond donors (Lipinski definition) is 1. The van der Waals surface area contributed by atoms with Crippen molar-refractivity contribution in [3.05, 3.63) is 0 Å². The molecule has 16 heavy (non-hydrogen) atoms. The van der Waals surface area contributed by atoms with Gasteiger partial charge in [0.15, 0.2) is 0 Å². The first-order valence-electron chi connectivity index (χ1n) is 6.32. The average Bonchev–Trinajstić information content (AvgIpc) is 2.26. The fraction of sp³-hybridized carbons (Fsp3) is 0.923. The molecule has 0 aromatic rings. The van der Waals surface area contributed by atoms with Crippen LogP contribution in [0.15, 0.2) is 0 Å². The summed E-state index contributed by atoms with van der Waals surface area (Å²) in [5, 5.41) is 8.94. The Bertz CT molecular complexity index is 220. The van der Waals surface area contributed by atoms with Crippen molar-refractivity contribution >= 4 is 0 Å². The van der Waals surface area contributed by atoms with E-state index in [1.165, 1.54) is 6.42 Å². The summed E-state index contributed by atoms with van der Waals surface area (Å²) >= 11 is 0. The molecule has 0 saturated carbocycles. The minimum Gasteiger partial charge on any atom is -0.313 e. The molecular weight excluding hydrogens is 198 g/mol. The van der Waals surface area contributed by atoms with Gasteiger partial charge in [0.2, 0.25) is 0 Å². The van der Waals surface area contributed by atoms with Crippen molar-refractivity contribution in [3.63, 3.8) is 0 Å². The molecule has 0 aromatic heterocycles. The summed E-state index contributed by atoms with van der Waals surface area (Å²) in [6.07, 6.45) is 3.77. The Morgan fingerprint density at radius 1 is 1.38 bits per heavy atom. The van der Waals surface area contributed by atoms with Gasteiger partial charge in [-0.2, -0.15) is 5.26 Å². The van der Waals surface area contributed by atoms with Gasteiger partial charge >= 0.3 is 0 Å². The zero-order chi connectivity index (χ0) is 12.6. The lowest BCUT2D eigenvalue weighted by molar-refractivity contribution is 0.293. The molecule has 94 valence electrons. The molecule has 0 aromatic carbocycles. The molecular formula is C13H27N3. The Hall–Kier alpha value is -0.590. The van der Waals surface area contributed by atoms with Crippen LogP contribution in [0.4, 0.5) is 0 Å². The van der Waals surface area contributed by atoms with Gasteiger partial charge in [-0.3, -0.25) is 0 Å². The Kier molecular flexibility index (Phi) is 7.36. The summed E-state index contributed by atoms with van der Waals surface area (Å²) in [6.45, 7) is 8.63. The van der Waals surface area contributed by atoms with Crippen LogP contribution in [0.2, 0.25) is 0 Å². The lowest BCUT2D eigenvalue weighted by Gasteiger charge is -2.22. The van der Waals surface area contributed by atoms with Crippen molar-refractivity contribution in [2.75, 3.05) is 20.1 Å². The third kappa shape index (κ3) is 6.81. The van der Waals surface area contributed by atoms with Gasteiger partial charge in [0.05, 0.1) is 6.07 Å². The number of nitrogens with zero attached hydrogens (tertiary/aromatic N) is 2. The van der Waals surface area contributed by atoms with Gasteiger partial charge in [-0.15, -0.1) is 0 Å². The molecule has 3 heteroatoms. The molecule has 0 aliphatic heterocycles. The van der Waals surface area contributed by atoms with E-state index in [0.29, 0.717) is 0 Å². The van der Waals surface area contributed by atoms with Gasteiger partial charge in [0.25, 0.3) is 0 Å². The molecule has 0 bridgehead atoms. The molecule has 0 rings (SSSR count). The molecule has 0 aliphatic rings. The van der Waals surface area contributed by atoms with Crippen LogP contribution < -0.4 is 5.73 Å². The highest BCUT2D eigenvalue weighted by Crippen LogP contribution is 2.13. The van der Waals surface area contributed by atoms with Gasteiger partial charge in [0, 0.05) is 0 Å². The van der Waals surface area contributed by atoms with Crippen molar-refractivity contribution in [2.24, 2.45) is 11.7 Å². The first kappa shape index (κ1) is 15.4. The maximum Gasteiger partial charge on any atom is 0.104 e. The SMILES string of the molecule is CCC(N)(C#N)CCCN(C)CCC(C)C. The second-order valence-corrected chi connectivity index (χ2v) is 5.21. The zero-order valence-corrected chi connectivity index (χ0v) is 11.3. The molecule has 0 spiro atoms. The second-order valence-electron chi connectivity index (χ2n) is 5.21. The Morgan fingerprint density at radius 2 is 2.00 bits per heavy atom. The van der Waals surface area contributed by atoms with Gasteiger partial charge in [-0.05, 0) is 51.7 Å². The normalized spacial score (nSPS) is 15.1. The molecule has 2 N–H and O–H groups in total. The predicted molar refractivity (Wildman–Crippen MR) is 69.0 cm³/mol. The molecule has 0 aliphatic carbocycles. The summed E-state index contributed by atoms with van der Waals surface area (Å²) < 4.78 is 0. The van der Waals surface area contributed by atoms with Crippen LogP contribution in [-0.2, 0) is 0 Å². The average molecular weight is 225 g/mol. The summed E-state index contributed by atoms with van der Waals surface area (Å²) in [6, 6.07) is 2.21. The minimum atomic E-state index is -0.612. The number of rotatable bonds is 8. The van der Waals surface area contributed by atoms with E-state index in [2.05, 4.69) is 31.9 Å². The van der Waals surface area contributed by atoms with Crippen LogP contribution >= 0.6 is 0 Å². The van der Waals surface area contributed by atoms with E-state index in [1.54, 1.807) is 0 Å². The highest BCUT2D eigenvalue weighted by atomic mass is 15.1. The Morgan fingerprint density at radius 3 is 2.44 bits per heavy atom. The van der Waals surface area contributed by atoms with Gasteiger partial charge < -0.3 is 10.6 Å². The molecule has 3 nitrogen and oxygen atoms in total. The van der Waals surface area contributed by atoms with Crippen molar-refractivity contribution in [1.82, 2.24) is 4.90 Å². The lowest BCUT2D eigenvalue weighted by Crippen LogP contribution is -2.38. The van der Waals surface area contributed by atoms with E-state index in [-0.39, 0.29) is 0 Å². The molecule has 0 heterocycles. The summed E-state index contributed by atoms with van der Waals surface area (Å²) in [5.41, 5.74) is 5.31. The smallest absolute Gasteiger partial charge is 0.104 e. The number of nitrogens with two attached hydrogens (primary N) is 1. The first-order chi connectivity index (χ1) is 7.43. The van der Waals surface area contributed by atoms with Gasteiger partial charge in [0.1, 0.15) is 5.54 Å². The molecule has 0 saturated heterocycles. The minimum absolute atomic E-state index is 0.612. The highest BCUT2D eigenvalue weighted by Gasteiger charge is 2.21. The highest BCUT2D eigenvalue weighted by molar-refractivity contribution is 5.03. The van der Waals surface area contributed by atoms with Gasteiger partial charge in [-0.1, -0.05) is 20.8 Å². The third-order valence-corrected chi connectivity index (χ3v) is 3.10. The second kappa shape index (κ2) is 7.65. The van der Waals surface area contributed by atoms with Crippen LogP contribution in [0.1, 0.15) is 46.5 Å². The molecule has 0 amide bonds. The van der Waals surface area contributed by atoms with Crippen LogP contribution in [0.5, 0.6) is 0 Å². The first-order valence-corrected chi connectivity index (χ1v) is 6.32.